The number of nitrogens with one attached hydrogen (secondary N) is 1. The highest BCUT2D eigenvalue weighted by atomic mass is 35.5. The normalized spacial score (nSPS) is 21.6. The van der Waals surface area contributed by atoms with E-state index in [0.29, 0.717) is 5.02 Å². The molecule has 6 rings (SSSR count). The molecule has 218 valence electrons. The molecule has 1 spiro atoms. The summed E-state index contributed by atoms with van der Waals surface area (Å²) in [5.74, 6) is 1.09. The van der Waals surface area contributed by atoms with Gasteiger partial charge in [-0.15, -0.1) is 0 Å². The summed E-state index contributed by atoms with van der Waals surface area (Å²) in [4.78, 5) is 30.9. The predicted octanol–water partition coefficient (Wildman–Crippen LogP) is 5.13. The van der Waals surface area contributed by atoms with Gasteiger partial charge >= 0.3 is 0 Å². The minimum atomic E-state index is -0.291. The zero-order chi connectivity index (χ0) is 29.4. The molecule has 2 aromatic heterocycles. The molecule has 1 N–H and O–H groups in total. The number of hydrogen-bond donors (Lipinski definition) is 1. The standard InChI is InChI=1S/C31H40ClN7O2/c1-8-24(40)37-16-31(17-37)13-21(14-31)39-19(3)25(26-22-15-33-34-23(22)11-18(2)27(26)32)28(35-39)38-10-9-20(12-30(38,4)5)29(41)36(6)7/h8,11,15,20-21H,1,9-10,12-14,16-17H2,2-7H3,(H,33,34). The minimum absolute atomic E-state index is 0.00974. The molecule has 0 bridgehead atoms. The van der Waals surface area contributed by atoms with E-state index in [1.807, 2.05) is 38.2 Å². The molecule has 3 fully saturated rings. The van der Waals surface area contributed by atoms with Crippen LogP contribution in [0.15, 0.2) is 24.9 Å². The molecule has 10 heteroatoms. The number of rotatable bonds is 5. The van der Waals surface area contributed by atoms with Crippen molar-refractivity contribution in [3.63, 3.8) is 0 Å². The van der Waals surface area contributed by atoms with Gasteiger partial charge in [-0.25, -0.2) is 0 Å². The maximum atomic E-state index is 12.9. The molecular formula is C31H40ClN7O2. The first-order valence-corrected chi connectivity index (χ1v) is 14.9. The lowest BCUT2D eigenvalue weighted by atomic mass is 9.60. The number of aromatic nitrogens is 4. The molecule has 0 radical (unpaired) electrons. The number of carbonyl (C=O) groups is 2. The monoisotopic (exact) mass is 577 g/mol. The van der Waals surface area contributed by atoms with Gasteiger partial charge in [0, 0.05) is 72.8 Å². The van der Waals surface area contributed by atoms with E-state index in [-0.39, 0.29) is 34.7 Å². The molecule has 4 heterocycles. The summed E-state index contributed by atoms with van der Waals surface area (Å²) in [7, 11) is 3.67. The summed E-state index contributed by atoms with van der Waals surface area (Å²) in [6, 6.07) is 2.29. The van der Waals surface area contributed by atoms with E-state index in [4.69, 9.17) is 16.7 Å². The van der Waals surface area contributed by atoms with Gasteiger partial charge in [0.2, 0.25) is 11.8 Å². The molecule has 1 atom stereocenters. The van der Waals surface area contributed by atoms with E-state index in [2.05, 4.69) is 47.1 Å². The van der Waals surface area contributed by atoms with Crippen LogP contribution in [0.5, 0.6) is 0 Å². The van der Waals surface area contributed by atoms with Crippen molar-refractivity contribution in [1.29, 1.82) is 0 Å². The van der Waals surface area contributed by atoms with Crippen molar-refractivity contribution < 1.29 is 9.59 Å². The Balaban J connectivity index is 1.41. The van der Waals surface area contributed by atoms with Crippen LogP contribution in [-0.4, -0.2) is 80.9 Å². The zero-order valence-electron chi connectivity index (χ0n) is 24.9. The Morgan fingerprint density at radius 2 is 1.88 bits per heavy atom. The number of likely N-dealkylation sites (tertiary alicyclic amines) is 1. The number of hydrogen-bond acceptors (Lipinski definition) is 5. The van der Waals surface area contributed by atoms with Crippen LogP contribution in [0.25, 0.3) is 22.0 Å². The number of carbonyl (C=O) groups excluding carboxylic acids is 2. The lowest BCUT2D eigenvalue weighted by Crippen LogP contribution is -2.63. The van der Waals surface area contributed by atoms with Crippen LogP contribution in [-0.2, 0) is 9.59 Å². The molecule has 41 heavy (non-hydrogen) atoms. The first-order chi connectivity index (χ1) is 19.4. The third-order valence-electron chi connectivity index (χ3n) is 9.69. The molecule has 2 amide bonds. The van der Waals surface area contributed by atoms with Crippen LogP contribution in [0.4, 0.5) is 5.82 Å². The number of H-pyrrole nitrogens is 1. The number of aryl methyl sites for hydroxylation is 1. The van der Waals surface area contributed by atoms with Crippen molar-refractivity contribution >= 4 is 40.1 Å². The van der Waals surface area contributed by atoms with Crippen LogP contribution < -0.4 is 4.90 Å². The lowest BCUT2D eigenvalue weighted by molar-refractivity contribution is -0.149. The van der Waals surface area contributed by atoms with Crippen LogP contribution in [0.1, 0.15) is 56.8 Å². The summed E-state index contributed by atoms with van der Waals surface area (Å²) in [6.45, 7) is 14.5. The molecule has 3 aromatic rings. The molecule has 9 nitrogen and oxygen atoms in total. The van der Waals surface area contributed by atoms with E-state index in [1.165, 1.54) is 6.08 Å². The molecule has 1 aliphatic carbocycles. The van der Waals surface area contributed by atoms with Gasteiger partial charge in [-0.3, -0.25) is 19.4 Å². The fourth-order valence-electron chi connectivity index (χ4n) is 7.58. The molecule has 3 aliphatic rings. The summed E-state index contributed by atoms with van der Waals surface area (Å²) in [5.41, 5.74) is 4.88. The first kappa shape index (κ1) is 27.8. The van der Waals surface area contributed by atoms with Crippen molar-refractivity contribution in [2.75, 3.05) is 38.6 Å². The highest BCUT2D eigenvalue weighted by Gasteiger charge is 2.54. The topological polar surface area (TPSA) is 90.4 Å². The summed E-state index contributed by atoms with van der Waals surface area (Å²) >= 11 is 7.10. The fraction of sp³-hybridized carbons (Fsp3) is 0.548. The number of anilines is 1. The van der Waals surface area contributed by atoms with Crippen LogP contribution in [0.3, 0.4) is 0 Å². The summed E-state index contributed by atoms with van der Waals surface area (Å²) in [5, 5.41) is 14.5. The Kier molecular flexibility index (Phi) is 6.52. The number of nitrogens with zero attached hydrogens (tertiary/aromatic N) is 6. The van der Waals surface area contributed by atoms with E-state index < -0.39 is 0 Å². The van der Waals surface area contributed by atoms with Gasteiger partial charge in [0.25, 0.3) is 0 Å². The van der Waals surface area contributed by atoms with Gasteiger partial charge in [-0.2, -0.15) is 10.2 Å². The molecule has 1 saturated carbocycles. The van der Waals surface area contributed by atoms with Crippen molar-refractivity contribution in [3.05, 3.63) is 41.2 Å². The maximum absolute atomic E-state index is 12.9. The minimum Gasteiger partial charge on any atom is -0.349 e. The second-order valence-electron chi connectivity index (χ2n) is 13.3. The second-order valence-corrected chi connectivity index (χ2v) is 13.7. The Labute approximate surface area is 246 Å². The lowest BCUT2D eigenvalue weighted by Gasteiger charge is -2.58. The molecular weight excluding hydrogens is 538 g/mol. The van der Waals surface area contributed by atoms with Crippen molar-refractivity contribution in [2.24, 2.45) is 11.3 Å². The van der Waals surface area contributed by atoms with Gasteiger partial charge in [0.1, 0.15) is 0 Å². The van der Waals surface area contributed by atoms with Gasteiger partial charge in [-0.1, -0.05) is 18.2 Å². The van der Waals surface area contributed by atoms with Gasteiger partial charge < -0.3 is 14.7 Å². The summed E-state index contributed by atoms with van der Waals surface area (Å²) in [6.07, 6.45) is 6.74. The smallest absolute Gasteiger partial charge is 0.245 e. The SMILES string of the molecule is C=CC(=O)N1CC2(CC(n3nc(N4CCC(C(=O)N(C)C)CC4(C)C)c(-c4c(Cl)c(C)cc5[nH]ncc45)c3C)C2)C1. The van der Waals surface area contributed by atoms with Gasteiger partial charge in [-0.05, 0) is 71.1 Å². The number of fused-ring (bicyclic) bond motifs is 1. The molecule has 1 unspecified atom stereocenters. The Bertz CT molecular complexity index is 1550. The first-order valence-electron chi connectivity index (χ1n) is 14.5. The number of halogens is 1. The average molecular weight is 578 g/mol. The Hall–Kier alpha value is -3.33. The molecule has 1 aromatic carbocycles. The number of aromatic amines is 1. The second kappa shape index (κ2) is 9.61. The quantitative estimate of drug-likeness (QED) is 0.425. The fourth-order valence-corrected chi connectivity index (χ4v) is 7.83. The largest absolute Gasteiger partial charge is 0.349 e. The van der Waals surface area contributed by atoms with Gasteiger partial charge in [0.05, 0.1) is 22.8 Å². The van der Waals surface area contributed by atoms with E-state index in [0.717, 1.165) is 84.4 Å². The number of benzene rings is 1. The number of piperidine rings is 1. The third kappa shape index (κ3) is 4.35. The van der Waals surface area contributed by atoms with Crippen LogP contribution >= 0.6 is 11.6 Å². The third-order valence-corrected chi connectivity index (χ3v) is 10.2. The Morgan fingerprint density at radius 3 is 2.51 bits per heavy atom. The van der Waals surface area contributed by atoms with Crippen molar-refractivity contribution in [2.45, 2.75) is 65.0 Å². The molecule has 2 saturated heterocycles. The van der Waals surface area contributed by atoms with Gasteiger partial charge in [0.15, 0.2) is 5.82 Å². The molecule has 2 aliphatic heterocycles. The van der Waals surface area contributed by atoms with Crippen LogP contribution in [0, 0.1) is 25.2 Å². The highest BCUT2D eigenvalue weighted by molar-refractivity contribution is 6.36. The highest BCUT2D eigenvalue weighted by Crippen LogP contribution is 2.56. The van der Waals surface area contributed by atoms with E-state index in [9.17, 15) is 9.59 Å². The zero-order valence-corrected chi connectivity index (χ0v) is 25.7. The number of amides is 2. The van der Waals surface area contributed by atoms with Crippen molar-refractivity contribution in [1.82, 2.24) is 29.8 Å². The average Bonchev–Trinajstić information content (AvgIpc) is 3.46. The van der Waals surface area contributed by atoms with Crippen LogP contribution in [0.2, 0.25) is 5.02 Å². The summed E-state index contributed by atoms with van der Waals surface area (Å²) < 4.78 is 2.20. The maximum Gasteiger partial charge on any atom is 0.245 e. The van der Waals surface area contributed by atoms with E-state index >= 15 is 0 Å². The Morgan fingerprint density at radius 1 is 1.17 bits per heavy atom. The van der Waals surface area contributed by atoms with Crippen molar-refractivity contribution in [3.8, 4) is 11.1 Å². The van der Waals surface area contributed by atoms with E-state index in [1.54, 1.807) is 4.90 Å². The predicted molar refractivity (Wildman–Crippen MR) is 162 cm³/mol.